The van der Waals surface area contributed by atoms with Crippen LogP contribution in [0.1, 0.15) is 31.3 Å². The Labute approximate surface area is 68.2 Å². The highest BCUT2D eigenvalue weighted by atomic mass is 19.4. The molecule has 68 valence electrons. The van der Waals surface area contributed by atoms with Crippen LogP contribution in [0.3, 0.4) is 0 Å². The smallest absolute Gasteiger partial charge is 0.449 e. The highest BCUT2D eigenvalue weighted by molar-refractivity contribution is 5.12. The first-order valence-electron chi connectivity index (χ1n) is 3.58. The maximum absolute atomic E-state index is 12.0. The van der Waals surface area contributed by atoms with Gasteiger partial charge in [-0.1, -0.05) is 13.8 Å². The van der Waals surface area contributed by atoms with E-state index in [2.05, 4.69) is 4.42 Å². The van der Waals surface area contributed by atoms with E-state index in [9.17, 15) is 13.2 Å². The molecule has 1 heterocycles. The molecule has 1 nitrogen and oxygen atoms in total. The third-order valence-electron chi connectivity index (χ3n) is 1.48. The summed E-state index contributed by atoms with van der Waals surface area (Å²) >= 11 is 0. The molecule has 1 aromatic rings. The second-order valence-corrected chi connectivity index (χ2v) is 2.85. The molecule has 12 heavy (non-hydrogen) atoms. The van der Waals surface area contributed by atoms with Gasteiger partial charge in [0.1, 0.15) is 5.76 Å². The molecule has 0 saturated carbocycles. The Balaban J connectivity index is 2.92. The number of furan rings is 1. The summed E-state index contributed by atoms with van der Waals surface area (Å²) in [7, 11) is 0. The number of hydrogen-bond acceptors (Lipinski definition) is 1. The van der Waals surface area contributed by atoms with Crippen molar-refractivity contribution in [3.05, 3.63) is 23.7 Å². The average Bonchev–Trinajstić information content (AvgIpc) is 2.30. The highest BCUT2D eigenvalue weighted by Gasteiger charge is 2.34. The molecular formula is C8H9F3O. The minimum Gasteiger partial charge on any atom is -0.456 e. The van der Waals surface area contributed by atoms with E-state index in [0.29, 0.717) is 5.76 Å². The SMILES string of the molecule is CC(C)c1ccc(C(F)(F)F)o1. The minimum atomic E-state index is -4.37. The predicted molar refractivity (Wildman–Crippen MR) is 37.8 cm³/mol. The van der Waals surface area contributed by atoms with E-state index in [0.717, 1.165) is 6.07 Å². The van der Waals surface area contributed by atoms with Crippen LogP contribution in [-0.4, -0.2) is 0 Å². The van der Waals surface area contributed by atoms with E-state index < -0.39 is 11.9 Å². The molecule has 0 aliphatic heterocycles. The zero-order valence-corrected chi connectivity index (χ0v) is 6.77. The molecule has 0 amide bonds. The normalized spacial score (nSPS) is 12.5. The summed E-state index contributed by atoms with van der Waals surface area (Å²) in [5.41, 5.74) is 0. The van der Waals surface area contributed by atoms with Crippen LogP contribution in [0, 0.1) is 0 Å². The van der Waals surface area contributed by atoms with Crippen molar-refractivity contribution in [1.29, 1.82) is 0 Å². The topological polar surface area (TPSA) is 13.1 Å². The number of alkyl halides is 3. The van der Waals surface area contributed by atoms with Gasteiger partial charge >= 0.3 is 6.18 Å². The summed E-state index contributed by atoms with van der Waals surface area (Å²) in [6, 6.07) is 2.31. The van der Waals surface area contributed by atoms with Crippen molar-refractivity contribution in [3.8, 4) is 0 Å². The summed E-state index contributed by atoms with van der Waals surface area (Å²) in [6.45, 7) is 3.55. The Morgan fingerprint density at radius 2 is 1.83 bits per heavy atom. The van der Waals surface area contributed by atoms with Crippen molar-refractivity contribution >= 4 is 0 Å². The molecule has 0 fully saturated rings. The summed E-state index contributed by atoms with van der Waals surface area (Å²) < 4.78 is 40.5. The van der Waals surface area contributed by atoms with Crippen LogP contribution in [-0.2, 0) is 6.18 Å². The van der Waals surface area contributed by atoms with Crippen LogP contribution < -0.4 is 0 Å². The zero-order valence-electron chi connectivity index (χ0n) is 6.77. The van der Waals surface area contributed by atoms with Crippen molar-refractivity contribution < 1.29 is 17.6 Å². The number of hydrogen-bond donors (Lipinski definition) is 0. The van der Waals surface area contributed by atoms with Crippen LogP contribution in [0.2, 0.25) is 0 Å². The van der Waals surface area contributed by atoms with Gasteiger partial charge in [-0.3, -0.25) is 0 Å². The largest absolute Gasteiger partial charge is 0.456 e. The Hall–Kier alpha value is -0.930. The first kappa shape index (κ1) is 9.16. The van der Waals surface area contributed by atoms with Gasteiger partial charge < -0.3 is 4.42 Å². The first-order chi connectivity index (χ1) is 5.41. The molecule has 1 rings (SSSR count). The molecule has 0 aliphatic rings. The van der Waals surface area contributed by atoms with Gasteiger partial charge in [0.15, 0.2) is 0 Å². The monoisotopic (exact) mass is 178 g/mol. The predicted octanol–water partition coefficient (Wildman–Crippen LogP) is 3.42. The van der Waals surface area contributed by atoms with Gasteiger partial charge in [-0.15, -0.1) is 0 Å². The van der Waals surface area contributed by atoms with Gasteiger partial charge in [0.25, 0.3) is 0 Å². The quantitative estimate of drug-likeness (QED) is 0.642. The lowest BCUT2D eigenvalue weighted by molar-refractivity contribution is -0.153. The molecule has 0 aliphatic carbocycles. The van der Waals surface area contributed by atoms with Crippen LogP contribution in [0.15, 0.2) is 16.5 Å². The lowest BCUT2D eigenvalue weighted by Crippen LogP contribution is -2.02. The van der Waals surface area contributed by atoms with Crippen molar-refractivity contribution in [2.45, 2.75) is 25.9 Å². The Morgan fingerprint density at radius 1 is 1.25 bits per heavy atom. The van der Waals surface area contributed by atoms with Gasteiger partial charge in [-0.2, -0.15) is 13.2 Å². The minimum absolute atomic E-state index is 0.0129. The van der Waals surface area contributed by atoms with Crippen LogP contribution in [0.5, 0.6) is 0 Å². The lowest BCUT2D eigenvalue weighted by Gasteiger charge is -2.02. The maximum Gasteiger partial charge on any atom is 0.449 e. The van der Waals surface area contributed by atoms with E-state index in [1.165, 1.54) is 6.07 Å². The van der Waals surface area contributed by atoms with Gasteiger partial charge in [-0.05, 0) is 12.1 Å². The molecule has 0 saturated heterocycles. The summed E-state index contributed by atoms with van der Waals surface area (Å²) in [5, 5.41) is 0. The van der Waals surface area contributed by atoms with Crippen LogP contribution in [0.25, 0.3) is 0 Å². The number of halogens is 3. The molecule has 4 heteroatoms. The average molecular weight is 178 g/mol. The van der Waals surface area contributed by atoms with Crippen LogP contribution in [0.4, 0.5) is 13.2 Å². The highest BCUT2D eigenvalue weighted by Crippen LogP contribution is 2.32. The Kier molecular flexibility index (Phi) is 2.17. The molecule has 1 aromatic heterocycles. The molecule has 0 unspecified atom stereocenters. The third-order valence-corrected chi connectivity index (χ3v) is 1.48. The Bertz CT molecular complexity index is 260. The summed E-state index contributed by atoms with van der Waals surface area (Å²) in [5.74, 6) is -0.574. The molecule has 0 radical (unpaired) electrons. The fourth-order valence-corrected chi connectivity index (χ4v) is 0.815. The molecule has 0 spiro atoms. The summed E-state index contributed by atoms with van der Waals surface area (Å²) in [4.78, 5) is 0. The molecule has 0 aromatic carbocycles. The van der Waals surface area contributed by atoms with E-state index in [1.807, 2.05) is 0 Å². The van der Waals surface area contributed by atoms with E-state index >= 15 is 0 Å². The van der Waals surface area contributed by atoms with Crippen LogP contribution >= 0.6 is 0 Å². The number of rotatable bonds is 1. The van der Waals surface area contributed by atoms with E-state index in [4.69, 9.17) is 0 Å². The van der Waals surface area contributed by atoms with Gasteiger partial charge in [0.2, 0.25) is 5.76 Å². The Morgan fingerprint density at radius 3 is 2.08 bits per heavy atom. The second kappa shape index (κ2) is 2.84. The van der Waals surface area contributed by atoms with Crippen molar-refractivity contribution in [2.24, 2.45) is 0 Å². The van der Waals surface area contributed by atoms with E-state index in [-0.39, 0.29) is 5.92 Å². The first-order valence-corrected chi connectivity index (χ1v) is 3.58. The standard InChI is InChI=1S/C8H9F3O/c1-5(2)6-3-4-7(12-6)8(9,10)11/h3-5H,1-2H3. The van der Waals surface area contributed by atoms with Gasteiger partial charge in [-0.25, -0.2) is 0 Å². The molecule has 0 bridgehead atoms. The van der Waals surface area contributed by atoms with Crippen molar-refractivity contribution in [3.63, 3.8) is 0 Å². The van der Waals surface area contributed by atoms with Gasteiger partial charge in [0.05, 0.1) is 0 Å². The van der Waals surface area contributed by atoms with Crippen molar-refractivity contribution in [1.82, 2.24) is 0 Å². The summed E-state index contributed by atoms with van der Waals surface area (Å²) in [6.07, 6.45) is -4.37. The lowest BCUT2D eigenvalue weighted by atomic mass is 10.2. The maximum atomic E-state index is 12.0. The second-order valence-electron chi connectivity index (χ2n) is 2.85. The fraction of sp³-hybridized carbons (Fsp3) is 0.500. The molecule has 0 N–H and O–H groups in total. The third kappa shape index (κ3) is 1.81. The van der Waals surface area contributed by atoms with E-state index in [1.54, 1.807) is 13.8 Å². The molecular weight excluding hydrogens is 169 g/mol. The fourth-order valence-electron chi connectivity index (χ4n) is 0.815. The van der Waals surface area contributed by atoms with Crippen molar-refractivity contribution in [2.75, 3.05) is 0 Å². The zero-order chi connectivity index (χ0) is 9.35. The van der Waals surface area contributed by atoms with Gasteiger partial charge in [0, 0.05) is 5.92 Å². The molecule has 0 atom stereocenters.